The molecule has 0 aliphatic carbocycles. The molecule has 0 atom stereocenters. The fourth-order valence-electron chi connectivity index (χ4n) is 0.674. The van der Waals surface area contributed by atoms with Crippen LogP contribution in [0.2, 0.25) is 0 Å². The van der Waals surface area contributed by atoms with Gasteiger partial charge in [-0.2, -0.15) is 8.42 Å². The first-order valence-corrected chi connectivity index (χ1v) is 5.28. The van der Waals surface area contributed by atoms with Crippen molar-refractivity contribution >= 4 is 27.2 Å². The van der Waals surface area contributed by atoms with Crippen LogP contribution in [0.1, 0.15) is 0 Å². The third-order valence-electron chi connectivity index (χ3n) is 1.18. The highest BCUT2D eigenvalue weighted by Crippen LogP contribution is 2.16. The first kappa shape index (κ1) is 8.82. The fraction of sp³-hybridized carbons (Fsp3) is 0.750. The largest absolute Gasteiger partial charge is 0.380 e. The van der Waals surface area contributed by atoms with Gasteiger partial charge in [-0.25, -0.2) is 0 Å². The second-order valence-electron chi connectivity index (χ2n) is 2.09. The smallest absolute Gasteiger partial charge is 0.353 e. The predicted octanol–water partition coefficient (Wildman–Crippen LogP) is -0.176. The van der Waals surface area contributed by atoms with E-state index in [4.69, 9.17) is 4.55 Å². The lowest BCUT2D eigenvalue weighted by atomic mass is 10.7. The molecular formula is C4H8N2O3S2. The average molecular weight is 196 g/mol. The first-order chi connectivity index (χ1) is 4.99. The molecule has 64 valence electrons. The summed E-state index contributed by atoms with van der Waals surface area (Å²) in [6, 6.07) is 0. The molecule has 0 aromatic rings. The van der Waals surface area contributed by atoms with Crippen LogP contribution in [-0.4, -0.2) is 42.4 Å². The maximum atomic E-state index is 10.3. The van der Waals surface area contributed by atoms with Gasteiger partial charge in [0.1, 0.15) is 0 Å². The van der Waals surface area contributed by atoms with Crippen molar-refractivity contribution in [3.63, 3.8) is 0 Å². The number of hydrogen-bond acceptors (Lipinski definition) is 3. The molecular weight excluding hydrogens is 188 g/mol. The highest BCUT2D eigenvalue weighted by atomic mass is 32.2. The van der Waals surface area contributed by atoms with Crippen molar-refractivity contribution in [1.29, 1.82) is 0 Å². The minimum atomic E-state index is -4.21. The summed E-state index contributed by atoms with van der Waals surface area (Å²) in [5.41, 5.74) is 0. The van der Waals surface area contributed by atoms with Gasteiger partial charge in [0.25, 0.3) is 0 Å². The molecule has 7 heteroatoms. The number of thioether (sulfide) groups is 1. The van der Waals surface area contributed by atoms with Gasteiger partial charge in [0, 0.05) is 19.3 Å². The van der Waals surface area contributed by atoms with Gasteiger partial charge in [0.05, 0.1) is 0 Å². The van der Waals surface area contributed by atoms with Gasteiger partial charge >= 0.3 is 10.3 Å². The lowest BCUT2D eigenvalue weighted by molar-refractivity contribution is 0.483. The maximum absolute atomic E-state index is 10.3. The number of rotatable bonds is 1. The maximum Gasteiger partial charge on any atom is 0.380 e. The molecule has 0 aromatic carbocycles. The van der Waals surface area contributed by atoms with E-state index in [0.29, 0.717) is 5.17 Å². The Morgan fingerprint density at radius 2 is 2.36 bits per heavy atom. The van der Waals surface area contributed by atoms with Crippen molar-refractivity contribution in [1.82, 2.24) is 4.90 Å². The summed E-state index contributed by atoms with van der Waals surface area (Å²) in [5.74, 6) is 0.810. The molecule has 5 nitrogen and oxygen atoms in total. The van der Waals surface area contributed by atoms with E-state index in [2.05, 4.69) is 4.40 Å². The second kappa shape index (κ2) is 3.00. The number of amidine groups is 1. The van der Waals surface area contributed by atoms with Crippen LogP contribution in [0.15, 0.2) is 4.40 Å². The minimum Gasteiger partial charge on any atom is -0.353 e. The van der Waals surface area contributed by atoms with E-state index in [1.165, 1.54) is 11.8 Å². The minimum absolute atomic E-state index is 0.354. The van der Waals surface area contributed by atoms with E-state index in [1.54, 1.807) is 11.9 Å². The van der Waals surface area contributed by atoms with Gasteiger partial charge in [-0.05, 0) is 0 Å². The summed E-state index contributed by atoms with van der Waals surface area (Å²) in [4.78, 5) is 1.68. The normalized spacial score (nSPS) is 23.1. The van der Waals surface area contributed by atoms with Crippen LogP contribution in [-0.2, 0) is 10.3 Å². The fourth-order valence-corrected chi connectivity index (χ4v) is 2.36. The second-order valence-corrected chi connectivity index (χ2v) is 4.23. The number of hydrogen-bond donors (Lipinski definition) is 1. The van der Waals surface area contributed by atoms with Crippen LogP contribution < -0.4 is 0 Å². The molecule has 0 spiro atoms. The van der Waals surface area contributed by atoms with Crippen molar-refractivity contribution in [3.05, 3.63) is 0 Å². The van der Waals surface area contributed by atoms with Gasteiger partial charge in [0.15, 0.2) is 5.17 Å². The van der Waals surface area contributed by atoms with Gasteiger partial charge in [0.2, 0.25) is 0 Å². The lowest BCUT2D eigenvalue weighted by Crippen LogP contribution is -2.19. The van der Waals surface area contributed by atoms with Crippen molar-refractivity contribution < 1.29 is 13.0 Å². The molecule has 0 bridgehead atoms. The molecule has 0 aromatic heterocycles. The molecule has 0 amide bonds. The Morgan fingerprint density at radius 1 is 1.73 bits per heavy atom. The Morgan fingerprint density at radius 3 is 2.73 bits per heavy atom. The number of nitrogens with zero attached hydrogens (tertiary/aromatic N) is 2. The average Bonchev–Trinajstić information content (AvgIpc) is 2.12. The summed E-state index contributed by atoms with van der Waals surface area (Å²) in [5, 5.41) is 0.354. The first-order valence-electron chi connectivity index (χ1n) is 2.90. The SMILES string of the molecule is CN1CCS/C1=N/S(=O)(=O)O. The molecule has 1 saturated heterocycles. The highest BCUT2D eigenvalue weighted by Gasteiger charge is 2.17. The zero-order chi connectivity index (χ0) is 8.48. The van der Waals surface area contributed by atoms with Crippen LogP contribution in [0.5, 0.6) is 0 Å². The van der Waals surface area contributed by atoms with Gasteiger partial charge in [-0.1, -0.05) is 11.8 Å². The molecule has 1 rings (SSSR count). The molecule has 1 aliphatic rings. The zero-order valence-electron chi connectivity index (χ0n) is 5.89. The van der Waals surface area contributed by atoms with E-state index in [1.807, 2.05) is 0 Å². The van der Waals surface area contributed by atoms with E-state index < -0.39 is 10.3 Å². The van der Waals surface area contributed by atoms with E-state index in [-0.39, 0.29) is 0 Å². The van der Waals surface area contributed by atoms with Crippen molar-refractivity contribution in [3.8, 4) is 0 Å². The summed E-state index contributed by atoms with van der Waals surface area (Å²) in [6.45, 7) is 0.763. The predicted molar refractivity (Wildman–Crippen MR) is 44.1 cm³/mol. The Balaban J connectivity index is 2.82. The summed E-state index contributed by atoms with van der Waals surface area (Å²) >= 11 is 1.31. The van der Waals surface area contributed by atoms with Gasteiger partial charge < -0.3 is 4.90 Å². The summed E-state index contributed by atoms with van der Waals surface area (Å²) in [7, 11) is -2.49. The Bertz CT molecular complexity index is 271. The topological polar surface area (TPSA) is 70.0 Å². The van der Waals surface area contributed by atoms with Crippen molar-refractivity contribution in [2.24, 2.45) is 4.40 Å². The van der Waals surface area contributed by atoms with E-state index in [0.717, 1.165) is 12.3 Å². The molecule has 0 unspecified atom stereocenters. The molecule has 11 heavy (non-hydrogen) atoms. The van der Waals surface area contributed by atoms with Crippen LogP contribution >= 0.6 is 11.8 Å². The summed E-state index contributed by atoms with van der Waals surface area (Å²) < 4.78 is 32.0. The molecule has 1 aliphatic heterocycles. The van der Waals surface area contributed by atoms with E-state index in [9.17, 15) is 8.42 Å². The van der Waals surface area contributed by atoms with E-state index >= 15 is 0 Å². The monoisotopic (exact) mass is 196 g/mol. The molecule has 1 N–H and O–H groups in total. The standard InChI is InChI=1S/C4H8N2O3S2/c1-6-2-3-10-4(6)5-11(7,8)9/h2-3H2,1H3,(H,7,8,9)/b5-4+. The van der Waals surface area contributed by atoms with Gasteiger partial charge in [-0.3, -0.25) is 4.55 Å². The van der Waals surface area contributed by atoms with Crippen LogP contribution in [0.25, 0.3) is 0 Å². The molecule has 1 heterocycles. The molecule has 1 fully saturated rings. The zero-order valence-corrected chi connectivity index (χ0v) is 7.52. The third kappa shape index (κ3) is 2.68. The van der Waals surface area contributed by atoms with Crippen molar-refractivity contribution in [2.75, 3.05) is 19.3 Å². The Labute approximate surface area is 69.4 Å². The molecule has 0 saturated carbocycles. The Hall–Kier alpha value is -0.270. The van der Waals surface area contributed by atoms with Crippen molar-refractivity contribution in [2.45, 2.75) is 0 Å². The van der Waals surface area contributed by atoms with Crippen LogP contribution in [0.3, 0.4) is 0 Å². The van der Waals surface area contributed by atoms with Crippen LogP contribution in [0, 0.1) is 0 Å². The quantitative estimate of drug-likeness (QED) is 0.589. The van der Waals surface area contributed by atoms with Crippen LogP contribution in [0.4, 0.5) is 0 Å². The van der Waals surface area contributed by atoms with Gasteiger partial charge in [-0.15, -0.1) is 4.40 Å². The Kier molecular flexibility index (Phi) is 2.40. The third-order valence-corrected chi connectivity index (χ3v) is 2.74. The highest BCUT2D eigenvalue weighted by molar-refractivity contribution is 8.14. The summed E-state index contributed by atoms with van der Waals surface area (Å²) in [6.07, 6.45) is 0. The lowest BCUT2D eigenvalue weighted by Gasteiger charge is -2.07. The molecule has 0 radical (unpaired) electrons.